The van der Waals surface area contributed by atoms with Gasteiger partial charge in [0.1, 0.15) is 5.65 Å². The molecule has 5 nitrogen and oxygen atoms in total. The summed E-state index contributed by atoms with van der Waals surface area (Å²) in [7, 11) is 0. The quantitative estimate of drug-likeness (QED) is 0.196. The first-order chi connectivity index (χ1) is 22.3. The van der Waals surface area contributed by atoms with Crippen LogP contribution in [0.4, 0.5) is 0 Å². The van der Waals surface area contributed by atoms with Gasteiger partial charge in [-0.15, -0.1) is 0 Å². The van der Waals surface area contributed by atoms with Gasteiger partial charge in [-0.3, -0.25) is 0 Å². The Labute approximate surface area is 259 Å². The first-order valence-corrected chi connectivity index (χ1v) is 15.0. The van der Waals surface area contributed by atoms with Crippen molar-refractivity contribution in [2.24, 2.45) is 0 Å². The highest BCUT2D eigenvalue weighted by molar-refractivity contribution is 6.16. The molecule has 5 heteroatoms. The Kier molecular flexibility index (Phi) is 5.74. The summed E-state index contributed by atoms with van der Waals surface area (Å²) in [4.78, 5) is 20.3. The average molecular weight is 576 g/mol. The van der Waals surface area contributed by atoms with Crippen LogP contribution in [0.5, 0.6) is 0 Å². The van der Waals surface area contributed by atoms with Gasteiger partial charge in [-0.1, -0.05) is 121 Å². The predicted octanol–water partition coefficient (Wildman–Crippen LogP) is 9.65. The van der Waals surface area contributed by atoms with Gasteiger partial charge >= 0.3 is 0 Å². The summed E-state index contributed by atoms with van der Waals surface area (Å²) in [5.74, 6) is 0.717. The molecule has 0 saturated carbocycles. The van der Waals surface area contributed by atoms with E-state index in [1.807, 2.05) is 72.8 Å². The van der Waals surface area contributed by atoms with Crippen LogP contribution in [0.25, 0.3) is 83.4 Å². The van der Waals surface area contributed by atoms with Crippen molar-refractivity contribution in [1.29, 1.82) is 0 Å². The van der Waals surface area contributed by atoms with Crippen LogP contribution in [0.3, 0.4) is 0 Å². The van der Waals surface area contributed by atoms with E-state index in [4.69, 9.17) is 19.9 Å². The minimum Gasteiger partial charge on any atom is -0.306 e. The largest absolute Gasteiger partial charge is 0.306 e. The van der Waals surface area contributed by atoms with E-state index in [1.165, 1.54) is 0 Å². The molecule has 9 rings (SSSR count). The van der Waals surface area contributed by atoms with Gasteiger partial charge in [-0.2, -0.15) is 0 Å². The number of hydrogen-bond acceptors (Lipinski definition) is 4. The van der Waals surface area contributed by atoms with Gasteiger partial charge in [-0.05, 0) is 18.2 Å². The van der Waals surface area contributed by atoms with Crippen molar-refractivity contribution < 1.29 is 0 Å². The first kappa shape index (κ1) is 25.3. The maximum Gasteiger partial charge on any atom is 0.160 e. The summed E-state index contributed by atoms with van der Waals surface area (Å²) in [6, 6.07) is 47.7. The lowest BCUT2D eigenvalue weighted by Crippen LogP contribution is -1.95. The summed E-state index contributed by atoms with van der Waals surface area (Å²) < 4.78 is 2.12. The number of para-hydroxylation sites is 2. The average Bonchev–Trinajstić information content (AvgIpc) is 3.56. The van der Waals surface area contributed by atoms with Crippen molar-refractivity contribution >= 4 is 38.2 Å². The fourth-order valence-corrected chi connectivity index (χ4v) is 6.24. The molecule has 0 aliphatic rings. The Bertz CT molecular complexity index is 2520. The van der Waals surface area contributed by atoms with Crippen molar-refractivity contribution in [3.8, 4) is 45.2 Å². The van der Waals surface area contributed by atoms with E-state index in [0.717, 1.165) is 77.6 Å². The molecule has 9 aromatic rings. The SMILES string of the molecule is c1ccc(-c2cn3ccc4c(-c5ccc(-c6nc(-c7ccccc7)nc7ccccc67)cc5)nc5ccccc5c4c3n2)cc1. The van der Waals surface area contributed by atoms with E-state index in [-0.39, 0.29) is 0 Å². The highest BCUT2D eigenvalue weighted by Gasteiger charge is 2.17. The molecule has 0 N–H and O–H groups in total. The van der Waals surface area contributed by atoms with Crippen molar-refractivity contribution in [1.82, 2.24) is 24.3 Å². The number of rotatable bonds is 4. The topological polar surface area (TPSA) is 56.0 Å². The number of benzene rings is 5. The number of aromatic nitrogens is 5. The number of imidazole rings is 1. The number of nitrogens with zero attached hydrogens (tertiary/aromatic N) is 5. The van der Waals surface area contributed by atoms with Crippen molar-refractivity contribution in [3.63, 3.8) is 0 Å². The molecule has 0 saturated heterocycles. The minimum absolute atomic E-state index is 0.717. The second kappa shape index (κ2) is 10.2. The smallest absolute Gasteiger partial charge is 0.160 e. The van der Waals surface area contributed by atoms with Crippen LogP contribution < -0.4 is 0 Å². The zero-order chi connectivity index (χ0) is 29.7. The van der Waals surface area contributed by atoms with Gasteiger partial charge in [0.05, 0.1) is 28.1 Å². The molecular formula is C40H25N5. The molecule has 0 bridgehead atoms. The van der Waals surface area contributed by atoms with E-state index < -0.39 is 0 Å². The number of fused-ring (bicyclic) bond motifs is 6. The maximum atomic E-state index is 5.19. The summed E-state index contributed by atoms with van der Waals surface area (Å²) in [5.41, 5.74) is 9.73. The van der Waals surface area contributed by atoms with Crippen molar-refractivity contribution in [3.05, 3.63) is 152 Å². The zero-order valence-electron chi connectivity index (χ0n) is 24.2. The maximum absolute atomic E-state index is 5.19. The van der Waals surface area contributed by atoms with Crippen molar-refractivity contribution in [2.45, 2.75) is 0 Å². The molecule has 210 valence electrons. The highest BCUT2D eigenvalue weighted by atomic mass is 15.0. The third-order valence-corrected chi connectivity index (χ3v) is 8.42. The Morgan fingerprint density at radius 1 is 0.400 bits per heavy atom. The third-order valence-electron chi connectivity index (χ3n) is 8.42. The van der Waals surface area contributed by atoms with E-state index in [9.17, 15) is 0 Å². The molecule has 0 fully saturated rings. The Morgan fingerprint density at radius 2 is 0.978 bits per heavy atom. The Hall–Kier alpha value is -6.20. The second-order valence-corrected chi connectivity index (χ2v) is 11.2. The molecule has 0 unspecified atom stereocenters. The molecule has 0 spiro atoms. The number of hydrogen-bond donors (Lipinski definition) is 0. The van der Waals surface area contributed by atoms with Crippen LogP contribution in [-0.2, 0) is 0 Å². The summed E-state index contributed by atoms with van der Waals surface area (Å²) in [6.07, 6.45) is 4.19. The van der Waals surface area contributed by atoms with E-state index in [1.54, 1.807) is 0 Å². The number of pyridine rings is 2. The lowest BCUT2D eigenvalue weighted by atomic mass is 9.99. The van der Waals surface area contributed by atoms with E-state index in [2.05, 4.69) is 83.5 Å². The Balaban J connectivity index is 1.22. The standard InChI is InChI=1S/C40H25N5/c1-3-11-26(12-4-1)35-25-45-24-23-32-36(40(45)43-35)30-15-7-9-17-33(30)41-38(32)28-21-19-27(20-22-28)37-31-16-8-10-18-34(31)42-39(44-37)29-13-5-2-6-14-29/h1-25H. The van der Waals surface area contributed by atoms with Gasteiger partial charge in [0, 0.05) is 56.2 Å². The molecule has 0 aliphatic heterocycles. The van der Waals surface area contributed by atoms with Gasteiger partial charge in [0.25, 0.3) is 0 Å². The van der Waals surface area contributed by atoms with Crippen LogP contribution in [0, 0.1) is 0 Å². The molecule has 5 aromatic carbocycles. The van der Waals surface area contributed by atoms with E-state index in [0.29, 0.717) is 5.82 Å². The Morgan fingerprint density at radius 3 is 1.69 bits per heavy atom. The first-order valence-electron chi connectivity index (χ1n) is 15.0. The molecule has 0 aliphatic carbocycles. The fourth-order valence-electron chi connectivity index (χ4n) is 6.24. The van der Waals surface area contributed by atoms with Gasteiger partial charge in [0.2, 0.25) is 0 Å². The second-order valence-electron chi connectivity index (χ2n) is 11.2. The van der Waals surface area contributed by atoms with Gasteiger partial charge < -0.3 is 4.40 Å². The highest BCUT2D eigenvalue weighted by Crippen LogP contribution is 2.37. The minimum atomic E-state index is 0.717. The molecule has 0 amide bonds. The normalized spacial score (nSPS) is 11.6. The van der Waals surface area contributed by atoms with Gasteiger partial charge in [0.15, 0.2) is 5.82 Å². The van der Waals surface area contributed by atoms with Crippen molar-refractivity contribution in [2.75, 3.05) is 0 Å². The molecule has 0 atom stereocenters. The summed E-state index contributed by atoms with van der Waals surface area (Å²) >= 11 is 0. The lowest BCUT2D eigenvalue weighted by molar-refractivity contribution is 1.20. The molecule has 4 aromatic heterocycles. The summed E-state index contributed by atoms with van der Waals surface area (Å²) in [6.45, 7) is 0. The van der Waals surface area contributed by atoms with E-state index >= 15 is 0 Å². The van der Waals surface area contributed by atoms with Crippen LogP contribution in [0.15, 0.2) is 152 Å². The van der Waals surface area contributed by atoms with Gasteiger partial charge in [-0.25, -0.2) is 19.9 Å². The lowest BCUT2D eigenvalue weighted by Gasteiger charge is -2.12. The third kappa shape index (κ3) is 4.25. The van der Waals surface area contributed by atoms with Crippen LogP contribution in [-0.4, -0.2) is 24.3 Å². The molecular weight excluding hydrogens is 550 g/mol. The predicted molar refractivity (Wildman–Crippen MR) is 183 cm³/mol. The monoisotopic (exact) mass is 575 g/mol. The molecule has 45 heavy (non-hydrogen) atoms. The van der Waals surface area contributed by atoms with Crippen LogP contribution in [0.1, 0.15) is 0 Å². The van der Waals surface area contributed by atoms with Crippen LogP contribution >= 0.6 is 0 Å². The summed E-state index contributed by atoms with van der Waals surface area (Å²) in [5, 5.41) is 4.27. The molecule has 4 heterocycles. The zero-order valence-corrected chi connectivity index (χ0v) is 24.2. The fraction of sp³-hybridized carbons (Fsp3) is 0. The van der Waals surface area contributed by atoms with Crippen LogP contribution in [0.2, 0.25) is 0 Å². The molecule has 0 radical (unpaired) electrons.